The molecular weight excluding hydrogens is 530 g/mol. The summed E-state index contributed by atoms with van der Waals surface area (Å²) in [7, 11) is 0. The molecule has 0 saturated carbocycles. The van der Waals surface area contributed by atoms with Gasteiger partial charge >= 0.3 is 6.18 Å². The number of fused-ring (bicyclic) bond motifs is 1. The van der Waals surface area contributed by atoms with Gasteiger partial charge in [-0.15, -0.1) is 5.10 Å². The molecule has 1 aliphatic rings. The zero-order valence-electron chi connectivity index (χ0n) is 19.9. The highest BCUT2D eigenvalue weighted by molar-refractivity contribution is 6.06. The summed E-state index contributed by atoms with van der Waals surface area (Å²) in [5, 5.41) is 21.5. The molecule has 0 bridgehead atoms. The van der Waals surface area contributed by atoms with E-state index in [2.05, 4.69) is 20.6 Å². The highest BCUT2D eigenvalue weighted by Crippen LogP contribution is 2.31. The molecule has 16 heteroatoms. The molecule has 1 aliphatic heterocycles. The number of carbonyl (C=O) groups excluding carboxylic acids is 2. The van der Waals surface area contributed by atoms with Gasteiger partial charge in [-0.25, -0.2) is 9.07 Å². The lowest BCUT2D eigenvalue weighted by Gasteiger charge is -2.37. The minimum Gasteiger partial charge on any atom is -0.380 e. The van der Waals surface area contributed by atoms with Crippen LogP contribution >= 0.6 is 0 Å². The molecule has 2 unspecified atom stereocenters. The lowest BCUT2D eigenvalue weighted by molar-refractivity contribution is -0.165. The summed E-state index contributed by atoms with van der Waals surface area (Å²) in [5.41, 5.74) is 2.33. The molecule has 4 N–H and O–H groups in total. The maximum atomic E-state index is 14.9. The Bertz CT molecular complexity index is 1580. The van der Waals surface area contributed by atoms with Crippen molar-refractivity contribution in [3.63, 3.8) is 0 Å². The third-order valence-electron chi connectivity index (χ3n) is 6.02. The number of anilines is 3. The largest absolute Gasteiger partial charge is 0.433 e. The van der Waals surface area contributed by atoms with Crippen LogP contribution in [-0.2, 0) is 20.5 Å². The van der Waals surface area contributed by atoms with Crippen LogP contribution in [0.1, 0.15) is 12.6 Å². The van der Waals surface area contributed by atoms with Gasteiger partial charge in [-0.2, -0.15) is 13.2 Å². The lowest BCUT2D eigenvalue weighted by Crippen LogP contribution is -2.61. The quantitative estimate of drug-likeness (QED) is 0.317. The van der Waals surface area contributed by atoms with E-state index in [0.29, 0.717) is 11.5 Å². The molecule has 1 fully saturated rings. The first-order valence-corrected chi connectivity index (χ1v) is 11.3. The summed E-state index contributed by atoms with van der Waals surface area (Å²) in [6, 6.07) is 6.27. The minimum atomic E-state index is -4.74. The van der Waals surface area contributed by atoms with Crippen molar-refractivity contribution >= 4 is 40.1 Å². The molecule has 2 atom stereocenters. The van der Waals surface area contributed by atoms with E-state index in [1.807, 2.05) is 0 Å². The second kappa shape index (κ2) is 9.32. The number of rotatable bonds is 5. The van der Waals surface area contributed by atoms with Gasteiger partial charge < -0.3 is 25.4 Å². The Labute approximate surface area is 215 Å². The highest BCUT2D eigenvalue weighted by atomic mass is 19.4. The van der Waals surface area contributed by atoms with Crippen molar-refractivity contribution in [2.24, 2.45) is 0 Å². The van der Waals surface area contributed by atoms with Crippen LogP contribution in [0.15, 0.2) is 47.2 Å². The predicted molar refractivity (Wildman–Crippen MR) is 126 cm³/mol. The van der Waals surface area contributed by atoms with E-state index in [1.54, 1.807) is 0 Å². The number of nitrogens with zero attached hydrogens (tertiary/aromatic N) is 5. The number of aliphatic hydroxyl groups is 1. The maximum Gasteiger partial charge on any atom is 0.433 e. The average molecular weight is 549 g/mol. The summed E-state index contributed by atoms with van der Waals surface area (Å²) in [6.07, 6.45) is -4.82. The number of ether oxygens (including phenoxy) is 1. The van der Waals surface area contributed by atoms with Crippen molar-refractivity contribution in [1.29, 1.82) is 0 Å². The second-order valence-electron chi connectivity index (χ2n) is 8.76. The van der Waals surface area contributed by atoms with Gasteiger partial charge in [0.25, 0.3) is 11.8 Å². The number of aromatic nitrogens is 4. The molecule has 4 aromatic rings. The van der Waals surface area contributed by atoms with E-state index < -0.39 is 47.0 Å². The van der Waals surface area contributed by atoms with Gasteiger partial charge in [0.05, 0.1) is 30.4 Å². The molecule has 1 aromatic carbocycles. The van der Waals surface area contributed by atoms with Gasteiger partial charge in [0, 0.05) is 18.0 Å². The summed E-state index contributed by atoms with van der Waals surface area (Å²) in [4.78, 5) is 30.3. The summed E-state index contributed by atoms with van der Waals surface area (Å²) in [5.74, 6) is -3.41. The zero-order chi connectivity index (χ0) is 28.1. The third-order valence-corrected chi connectivity index (χ3v) is 6.02. The number of alkyl halides is 3. The summed E-state index contributed by atoms with van der Waals surface area (Å²) >= 11 is 0. The molecule has 204 valence electrons. The van der Waals surface area contributed by atoms with Gasteiger partial charge in [-0.05, 0) is 31.2 Å². The van der Waals surface area contributed by atoms with Gasteiger partial charge in [0.2, 0.25) is 0 Å². The fraction of sp³-hybridized carbons (Fsp3) is 0.261. The van der Waals surface area contributed by atoms with Crippen LogP contribution in [0.25, 0.3) is 16.7 Å². The molecule has 12 nitrogen and oxygen atoms in total. The zero-order valence-corrected chi connectivity index (χ0v) is 19.9. The second-order valence-corrected chi connectivity index (χ2v) is 8.76. The first-order valence-electron chi connectivity index (χ1n) is 11.3. The Kier molecular flexibility index (Phi) is 6.22. The number of pyridine rings is 1. The number of benzene rings is 1. The Morgan fingerprint density at radius 3 is 2.77 bits per heavy atom. The van der Waals surface area contributed by atoms with Gasteiger partial charge in [0.1, 0.15) is 5.69 Å². The number of hydrogen-bond donors (Lipinski definition) is 3. The van der Waals surface area contributed by atoms with Gasteiger partial charge in [0.15, 0.2) is 34.7 Å². The van der Waals surface area contributed by atoms with Crippen LogP contribution in [-0.4, -0.2) is 61.7 Å². The van der Waals surface area contributed by atoms with Crippen molar-refractivity contribution in [3.05, 3.63) is 54.2 Å². The number of nitrogen functional groups attached to an aromatic ring is 1. The number of nitrogens with two attached hydrogens (primary N) is 1. The summed E-state index contributed by atoms with van der Waals surface area (Å²) in [6.45, 7) is 0.640. The van der Waals surface area contributed by atoms with E-state index in [9.17, 15) is 32.3 Å². The standard InChI is InChI=1S/C23H19F4N7O5/c1-22(37,21(36)30-11-2-3-13-15(8-11)39-32-18(13)28)17-20(35)33(6-7-38-17)19-14(24)10-34(31-19)12-4-5-29-16(9-12)23(25,26)27/h2-5,8-10,17,37H,6-7H2,1H3,(H2,28,32)(H,30,36). The first kappa shape index (κ1) is 26.1. The molecule has 3 aromatic heterocycles. The van der Waals surface area contributed by atoms with Crippen LogP contribution in [0.4, 0.5) is 34.9 Å². The monoisotopic (exact) mass is 549 g/mol. The van der Waals surface area contributed by atoms with Crippen LogP contribution in [0.3, 0.4) is 0 Å². The van der Waals surface area contributed by atoms with Gasteiger partial charge in [-0.3, -0.25) is 19.5 Å². The van der Waals surface area contributed by atoms with Crippen molar-refractivity contribution in [2.45, 2.75) is 24.8 Å². The van der Waals surface area contributed by atoms with E-state index in [4.69, 9.17) is 15.0 Å². The number of halogens is 4. The molecule has 2 amide bonds. The van der Waals surface area contributed by atoms with E-state index in [1.165, 1.54) is 24.3 Å². The van der Waals surface area contributed by atoms with Gasteiger partial charge in [-0.1, -0.05) is 5.16 Å². The van der Waals surface area contributed by atoms with Crippen molar-refractivity contribution in [3.8, 4) is 5.69 Å². The maximum absolute atomic E-state index is 14.9. The molecule has 5 rings (SSSR count). The van der Waals surface area contributed by atoms with E-state index >= 15 is 0 Å². The number of hydrogen-bond acceptors (Lipinski definition) is 9. The van der Waals surface area contributed by atoms with Crippen LogP contribution in [0, 0.1) is 5.82 Å². The first-order chi connectivity index (χ1) is 18.4. The third kappa shape index (κ3) is 4.74. The van der Waals surface area contributed by atoms with Crippen LogP contribution < -0.4 is 16.0 Å². The molecule has 4 heterocycles. The number of carbonyl (C=O) groups is 2. The minimum absolute atomic E-state index is 0.149. The van der Waals surface area contributed by atoms with Crippen LogP contribution in [0.2, 0.25) is 0 Å². The normalized spacial score (nSPS) is 17.8. The molecule has 0 spiro atoms. The van der Waals surface area contributed by atoms with Crippen LogP contribution in [0.5, 0.6) is 0 Å². The van der Waals surface area contributed by atoms with E-state index in [-0.39, 0.29) is 35.9 Å². The topological polar surface area (TPSA) is 162 Å². The Balaban J connectivity index is 1.37. The molecule has 39 heavy (non-hydrogen) atoms. The molecular formula is C23H19F4N7O5. The Morgan fingerprint density at radius 1 is 1.26 bits per heavy atom. The smallest absolute Gasteiger partial charge is 0.380 e. The number of morpholine rings is 1. The van der Waals surface area contributed by atoms with Crippen molar-refractivity contribution in [2.75, 3.05) is 29.1 Å². The average Bonchev–Trinajstić information content (AvgIpc) is 3.45. The lowest BCUT2D eigenvalue weighted by atomic mass is 9.95. The predicted octanol–water partition coefficient (Wildman–Crippen LogP) is 2.27. The highest BCUT2D eigenvalue weighted by Gasteiger charge is 2.49. The molecule has 0 radical (unpaired) electrons. The molecule has 0 aliphatic carbocycles. The number of amides is 2. The fourth-order valence-corrected chi connectivity index (χ4v) is 3.99. The number of nitrogens with one attached hydrogen (secondary N) is 1. The fourth-order valence-electron chi connectivity index (χ4n) is 3.99. The summed E-state index contributed by atoms with van der Waals surface area (Å²) < 4.78 is 65.2. The molecule has 1 saturated heterocycles. The Morgan fingerprint density at radius 2 is 2.03 bits per heavy atom. The van der Waals surface area contributed by atoms with Crippen molar-refractivity contribution < 1.29 is 41.5 Å². The Hall–Kier alpha value is -4.57. The van der Waals surface area contributed by atoms with E-state index in [0.717, 1.165) is 28.9 Å². The SMILES string of the molecule is CC(O)(C(=O)Nc1ccc2c(N)noc2c1)C1OCCN(c2nn(-c3ccnc(C(F)(F)F)c3)cc2F)C1=O. The van der Waals surface area contributed by atoms with Crippen molar-refractivity contribution in [1.82, 2.24) is 19.9 Å².